The van der Waals surface area contributed by atoms with E-state index in [4.69, 9.17) is 10.5 Å². The second-order valence-corrected chi connectivity index (χ2v) is 3.71. The molecule has 5 nitrogen and oxygen atoms in total. The maximum atomic E-state index is 11.4. The minimum absolute atomic E-state index is 0.527. The number of nitrogens with zero attached hydrogens (tertiary/aromatic N) is 1. The summed E-state index contributed by atoms with van der Waals surface area (Å²) in [7, 11) is 1.61. The van der Waals surface area contributed by atoms with Gasteiger partial charge in [0.2, 0.25) is 0 Å². The summed E-state index contributed by atoms with van der Waals surface area (Å²) in [6.07, 6.45) is 3.76. The molecule has 0 unspecified atom stereocenters. The molecular weight excluding hydrogens is 208 g/mol. The summed E-state index contributed by atoms with van der Waals surface area (Å²) in [6.45, 7) is 3.79. The first-order chi connectivity index (χ1) is 7.63. The van der Waals surface area contributed by atoms with Crippen LogP contribution in [0.2, 0.25) is 0 Å². The molecule has 0 aliphatic heterocycles. The van der Waals surface area contributed by atoms with Crippen molar-refractivity contribution in [3.8, 4) is 0 Å². The molecule has 0 aromatic rings. The van der Waals surface area contributed by atoms with Gasteiger partial charge in [-0.3, -0.25) is 9.59 Å². The molecule has 16 heavy (non-hydrogen) atoms. The molecule has 2 amide bonds. The van der Waals surface area contributed by atoms with Crippen LogP contribution in [0, 0.1) is 0 Å². The van der Waals surface area contributed by atoms with Gasteiger partial charge >= 0.3 is 11.8 Å². The highest BCUT2D eigenvalue weighted by Crippen LogP contribution is 2.00. The predicted octanol–water partition coefficient (Wildman–Crippen LogP) is 0.527. The Labute approximate surface area is 96.9 Å². The van der Waals surface area contributed by atoms with Crippen molar-refractivity contribution in [2.24, 2.45) is 5.73 Å². The number of carbonyl (C=O) groups is 2. The highest BCUT2D eigenvalue weighted by molar-refractivity contribution is 6.34. The summed E-state index contributed by atoms with van der Waals surface area (Å²) in [5.74, 6) is -1.47. The van der Waals surface area contributed by atoms with Gasteiger partial charge in [-0.15, -0.1) is 0 Å². The van der Waals surface area contributed by atoms with Crippen molar-refractivity contribution >= 4 is 11.8 Å². The molecule has 0 aromatic heterocycles. The smallest absolute Gasteiger partial charge is 0.311 e. The molecule has 0 saturated heterocycles. The van der Waals surface area contributed by atoms with Gasteiger partial charge in [0.1, 0.15) is 0 Å². The van der Waals surface area contributed by atoms with Crippen LogP contribution in [-0.2, 0) is 14.3 Å². The zero-order valence-electron chi connectivity index (χ0n) is 10.2. The fraction of sp³-hybridized carbons (Fsp3) is 0.818. The molecule has 0 rings (SSSR count). The van der Waals surface area contributed by atoms with E-state index in [1.807, 2.05) is 0 Å². The molecule has 2 N–H and O–H groups in total. The molecular formula is C11H22N2O3. The van der Waals surface area contributed by atoms with Crippen LogP contribution in [0.1, 0.15) is 32.6 Å². The molecule has 0 saturated carbocycles. The maximum absolute atomic E-state index is 11.4. The molecule has 0 radical (unpaired) electrons. The number of rotatable bonds is 8. The number of methoxy groups -OCH3 is 1. The lowest BCUT2D eigenvalue weighted by Crippen LogP contribution is -2.41. The lowest BCUT2D eigenvalue weighted by Gasteiger charge is -2.20. The number of carbonyl (C=O) groups excluding carboxylic acids is 2. The highest BCUT2D eigenvalue weighted by Gasteiger charge is 2.17. The van der Waals surface area contributed by atoms with E-state index in [0.717, 1.165) is 25.7 Å². The third-order valence-electron chi connectivity index (χ3n) is 2.31. The van der Waals surface area contributed by atoms with Crippen molar-refractivity contribution in [3.63, 3.8) is 0 Å². The maximum Gasteiger partial charge on any atom is 0.311 e. The van der Waals surface area contributed by atoms with E-state index in [2.05, 4.69) is 6.92 Å². The minimum Gasteiger partial charge on any atom is -0.385 e. The van der Waals surface area contributed by atoms with E-state index in [1.165, 1.54) is 4.90 Å². The van der Waals surface area contributed by atoms with Crippen molar-refractivity contribution in [1.29, 1.82) is 0 Å². The van der Waals surface area contributed by atoms with Gasteiger partial charge < -0.3 is 15.4 Å². The summed E-state index contributed by atoms with van der Waals surface area (Å²) in [6, 6.07) is 0. The van der Waals surface area contributed by atoms with Crippen LogP contribution in [0.25, 0.3) is 0 Å². The summed E-state index contributed by atoms with van der Waals surface area (Å²) >= 11 is 0. The van der Waals surface area contributed by atoms with E-state index in [1.54, 1.807) is 7.11 Å². The lowest BCUT2D eigenvalue weighted by atomic mass is 10.2. The Bertz CT molecular complexity index is 209. The third kappa shape index (κ3) is 6.40. The second-order valence-electron chi connectivity index (χ2n) is 3.71. The zero-order valence-corrected chi connectivity index (χ0v) is 10.2. The largest absolute Gasteiger partial charge is 0.385 e. The van der Waals surface area contributed by atoms with Crippen LogP contribution >= 0.6 is 0 Å². The molecule has 0 spiro atoms. The molecule has 0 bridgehead atoms. The Hall–Kier alpha value is -1.10. The van der Waals surface area contributed by atoms with Gasteiger partial charge in [0.25, 0.3) is 0 Å². The summed E-state index contributed by atoms with van der Waals surface area (Å²) in [5, 5.41) is 0. The summed E-state index contributed by atoms with van der Waals surface area (Å²) < 4.78 is 4.90. The van der Waals surface area contributed by atoms with Gasteiger partial charge in [-0.05, 0) is 12.8 Å². The molecule has 0 aliphatic rings. The van der Waals surface area contributed by atoms with Crippen LogP contribution in [0.5, 0.6) is 0 Å². The van der Waals surface area contributed by atoms with E-state index < -0.39 is 11.8 Å². The van der Waals surface area contributed by atoms with Gasteiger partial charge in [0.05, 0.1) is 0 Å². The summed E-state index contributed by atoms with van der Waals surface area (Å²) in [5.41, 5.74) is 4.98. The average molecular weight is 230 g/mol. The van der Waals surface area contributed by atoms with E-state index in [-0.39, 0.29) is 0 Å². The topological polar surface area (TPSA) is 72.6 Å². The normalized spacial score (nSPS) is 10.1. The van der Waals surface area contributed by atoms with Gasteiger partial charge in [-0.1, -0.05) is 19.8 Å². The monoisotopic (exact) mass is 230 g/mol. The number of hydrogen-bond donors (Lipinski definition) is 1. The fourth-order valence-corrected chi connectivity index (χ4v) is 1.42. The van der Waals surface area contributed by atoms with Crippen molar-refractivity contribution in [2.75, 3.05) is 26.8 Å². The van der Waals surface area contributed by atoms with Gasteiger partial charge in [0.15, 0.2) is 0 Å². The Kier molecular flexibility index (Phi) is 8.52. The van der Waals surface area contributed by atoms with Crippen LogP contribution in [0.4, 0.5) is 0 Å². The van der Waals surface area contributed by atoms with Crippen molar-refractivity contribution in [1.82, 2.24) is 4.90 Å². The number of amides is 2. The second kappa shape index (κ2) is 9.15. The summed E-state index contributed by atoms with van der Waals surface area (Å²) in [4.78, 5) is 23.8. The fourth-order valence-electron chi connectivity index (χ4n) is 1.42. The molecule has 0 fully saturated rings. The van der Waals surface area contributed by atoms with E-state index in [9.17, 15) is 9.59 Å². The van der Waals surface area contributed by atoms with Gasteiger partial charge in [-0.2, -0.15) is 0 Å². The Morgan fingerprint density at radius 3 is 2.31 bits per heavy atom. The first-order valence-electron chi connectivity index (χ1n) is 5.71. The van der Waals surface area contributed by atoms with Crippen LogP contribution in [0.3, 0.4) is 0 Å². The molecule has 0 heterocycles. The van der Waals surface area contributed by atoms with E-state index >= 15 is 0 Å². The van der Waals surface area contributed by atoms with Crippen LogP contribution in [0.15, 0.2) is 0 Å². The molecule has 5 heteroatoms. The van der Waals surface area contributed by atoms with Crippen LogP contribution < -0.4 is 5.73 Å². The third-order valence-corrected chi connectivity index (χ3v) is 2.31. The minimum atomic E-state index is -0.881. The Morgan fingerprint density at radius 2 is 1.81 bits per heavy atom. The average Bonchev–Trinajstić information content (AvgIpc) is 2.26. The number of unbranched alkanes of at least 4 members (excludes halogenated alkanes) is 2. The molecule has 0 aliphatic carbocycles. The quantitative estimate of drug-likeness (QED) is 0.488. The standard InChI is InChI=1S/C11H22N2O3/c1-3-4-5-7-13(8-6-9-16-2)11(15)10(12)14/h3-9H2,1-2H3,(H2,12,14). The van der Waals surface area contributed by atoms with Gasteiger partial charge in [0, 0.05) is 26.8 Å². The van der Waals surface area contributed by atoms with Crippen LogP contribution in [-0.4, -0.2) is 43.5 Å². The number of ether oxygens (including phenoxy) is 1. The van der Waals surface area contributed by atoms with Crippen molar-refractivity contribution < 1.29 is 14.3 Å². The first-order valence-corrected chi connectivity index (χ1v) is 5.71. The number of nitrogens with two attached hydrogens (primary N) is 1. The molecule has 0 aromatic carbocycles. The predicted molar refractivity (Wildman–Crippen MR) is 61.8 cm³/mol. The Balaban J connectivity index is 4.05. The van der Waals surface area contributed by atoms with E-state index in [0.29, 0.717) is 19.7 Å². The zero-order chi connectivity index (χ0) is 12.4. The highest BCUT2D eigenvalue weighted by atomic mass is 16.5. The Morgan fingerprint density at radius 1 is 1.19 bits per heavy atom. The molecule has 0 atom stereocenters. The SMILES string of the molecule is CCCCCN(CCCOC)C(=O)C(N)=O. The molecule has 94 valence electrons. The van der Waals surface area contributed by atoms with Crippen molar-refractivity contribution in [2.45, 2.75) is 32.6 Å². The number of primary amides is 1. The van der Waals surface area contributed by atoms with Crippen molar-refractivity contribution in [3.05, 3.63) is 0 Å². The lowest BCUT2D eigenvalue weighted by molar-refractivity contribution is -0.144. The first kappa shape index (κ1) is 14.9. The van der Waals surface area contributed by atoms with Gasteiger partial charge in [-0.25, -0.2) is 0 Å². The number of hydrogen-bond acceptors (Lipinski definition) is 3.